The Hall–Kier alpha value is -3.48. The van der Waals surface area contributed by atoms with Gasteiger partial charge in [-0.2, -0.15) is 0 Å². The molecule has 26 heavy (non-hydrogen) atoms. The summed E-state index contributed by atoms with van der Waals surface area (Å²) in [7, 11) is 0. The highest BCUT2D eigenvalue weighted by molar-refractivity contribution is 5.81. The molecule has 0 spiro atoms. The zero-order valence-electron chi connectivity index (χ0n) is 14.5. The summed E-state index contributed by atoms with van der Waals surface area (Å²) >= 11 is 0. The molecule has 0 aliphatic carbocycles. The fraction of sp³-hybridized carbons (Fsp3) is 0.158. The molecule has 7 nitrogen and oxygen atoms in total. The van der Waals surface area contributed by atoms with E-state index in [0.717, 1.165) is 22.6 Å². The van der Waals surface area contributed by atoms with Crippen LogP contribution in [0.2, 0.25) is 0 Å². The van der Waals surface area contributed by atoms with Gasteiger partial charge in [0.15, 0.2) is 0 Å². The molecule has 0 aliphatic heterocycles. The average Bonchev–Trinajstić information content (AvgIpc) is 2.93. The zero-order chi connectivity index (χ0) is 18.5. The molecule has 0 atom stereocenters. The van der Waals surface area contributed by atoms with E-state index in [1.165, 1.54) is 12.1 Å². The summed E-state index contributed by atoms with van der Waals surface area (Å²) in [5.74, 6) is 0. The van der Waals surface area contributed by atoms with Crippen molar-refractivity contribution in [1.29, 1.82) is 0 Å². The topological polar surface area (TPSA) is 82.5 Å². The molecule has 3 rings (SSSR count). The Balaban J connectivity index is 1.70. The largest absolute Gasteiger partial charge is 0.391 e. The van der Waals surface area contributed by atoms with E-state index in [2.05, 4.69) is 14.7 Å². The molecular formula is C19H18N4O3. The molecule has 0 saturated heterocycles. The molecular weight excluding hydrogens is 332 g/mol. The van der Waals surface area contributed by atoms with Crippen molar-refractivity contribution in [1.82, 2.24) is 9.55 Å². The number of hydrogen-bond donors (Lipinski definition) is 0. The number of hydrogen-bond acceptors (Lipinski definition) is 5. The first-order valence-corrected chi connectivity index (χ1v) is 8.04. The fourth-order valence-electron chi connectivity index (χ4n) is 2.77. The number of aromatic nitrogens is 2. The highest BCUT2D eigenvalue weighted by Gasteiger charge is 2.09. The predicted molar refractivity (Wildman–Crippen MR) is 98.5 cm³/mol. The first kappa shape index (κ1) is 17.3. The van der Waals surface area contributed by atoms with E-state index >= 15 is 0 Å². The lowest BCUT2D eigenvalue weighted by Crippen LogP contribution is -1.99. The van der Waals surface area contributed by atoms with Crippen molar-refractivity contribution in [2.24, 2.45) is 5.16 Å². The van der Waals surface area contributed by atoms with E-state index in [9.17, 15) is 10.1 Å². The minimum atomic E-state index is -0.430. The number of nitro groups is 1. The first-order chi connectivity index (χ1) is 12.6. The van der Waals surface area contributed by atoms with Gasteiger partial charge in [0.1, 0.15) is 6.61 Å². The molecule has 0 N–H and O–H groups in total. The third-order valence-electron chi connectivity index (χ3n) is 3.99. The van der Waals surface area contributed by atoms with Gasteiger partial charge in [-0.1, -0.05) is 17.3 Å². The lowest BCUT2D eigenvalue weighted by molar-refractivity contribution is -0.384. The fourth-order valence-corrected chi connectivity index (χ4v) is 2.77. The maximum atomic E-state index is 10.8. The highest BCUT2D eigenvalue weighted by Crippen LogP contribution is 2.19. The van der Waals surface area contributed by atoms with Crippen LogP contribution in [0, 0.1) is 24.0 Å². The van der Waals surface area contributed by atoms with Crippen LogP contribution < -0.4 is 0 Å². The van der Waals surface area contributed by atoms with Crippen LogP contribution in [0.4, 0.5) is 5.69 Å². The maximum absolute atomic E-state index is 10.8. The summed E-state index contributed by atoms with van der Waals surface area (Å²) in [5, 5.41) is 14.8. The summed E-state index contributed by atoms with van der Waals surface area (Å²) in [6.07, 6.45) is 5.19. The van der Waals surface area contributed by atoms with E-state index in [1.54, 1.807) is 30.7 Å². The number of nitro benzene ring substituents is 1. The third-order valence-corrected chi connectivity index (χ3v) is 3.99. The van der Waals surface area contributed by atoms with Gasteiger partial charge >= 0.3 is 0 Å². The summed E-state index contributed by atoms with van der Waals surface area (Å²) in [5.41, 5.74) is 4.74. The van der Waals surface area contributed by atoms with Crippen LogP contribution in [0.25, 0.3) is 5.69 Å². The average molecular weight is 350 g/mol. The van der Waals surface area contributed by atoms with E-state index in [4.69, 9.17) is 4.84 Å². The van der Waals surface area contributed by atoms with Gasteiger partial charge in [0.25, 0.3) is 5.69 Å². The molecule has 0 aliphatic rings. The molecule has 0 bridgehead atoms. The Morgan fingerprint density at radius 3 is 2.85 bits per heavy atom. The van der Waals surface area contributed by atoms with Crippen molar-refractivity contribution in [3.8, 4) is 5.69 Å². The molecule has 0 radical (unpaired) electrons. The van der Waals surface area contributed by atoms with Crippen molar-refractivity contribution >= 4 is 11.9 Å². The molecule has 2 heterocycles. The van der Waals surface area contributed by atoms with Crippen molar-refractivity contribution in [3.63, 3.8) is 0 Å². The quantitative estimate of drug-likeness (QED) is 0.383. The smallest absolute Gasteiger partial charge is 0.269 e. The SMILES string of the molecule is Cc1cc(/C=N\OCc2cccc([N+](=O)[O-])c2)c(C)n1-c1cccnc1. The Morgan fingerprint density at radius 2 is 2.12 bits per heavy atom. The van der Waals surface area contributed by atoms with Crippen LogP contribution in [0.15, 0.2) is 60.0 Å². The van der Waals surface area contributed by atoms with Crippen LogP contribution in [-0.2, 0) is 11.4 Å². The second kappa shape index (κ2) is 7.60. The number of pyridine rings is 1. The Labute approximate surface area is 150 Å². The van der Waals surface area contributed by atoms with Crippen LogP contribution in [0.3, 0.4) is 0 Å². The summed E-state index contributed by atoms with van der Waals surface area (Å²) in [4.78, 5) is 19.8. The molecule has 2 aromatic heterocycles. The van der Waals surface area contributed by atoms with Crippen LogP contribution in [-0.4, -0.2) is 20.7 Å². The van der Waals surface area contributed by atoms with Gasteiger partial charge in [-0.05, 0) is 37.6 Å². The normalized spacial score (nSPS) is 11.0. The van der Waals surface area contributed by atoms with E-state index in [-0.39, 0.29) is 12.3 Å². The van der Waals surface area contributed by atoms with Gasteiger partial charge < -0.3 is 9.40 Å². The molecule has 132 valence electrons. The second-order valence-corrected chi connectivity index (χ2v) is 5.81. The Kier molecular flexibility index (Phi) is 5.07. The van der Waals surface area contributed by atoms with Crippen LogP contribution in [0.5, 0.6) is 0 Å². The maximum Gasteiger partial charge on any atom is 0.269 e. The zero-order valence-corrected chi connectivity index (χ0v) is 14.5. The molecule has 0 unspecified atom stereocenters. The first-order valence-electron chi connectivity index (χ1n) is 8.04. The number of rotatable bonds is 6. The minimum absolute atomic E-state index is 0.0371. The molecule has 1 aromatic carbocycles. The summed E-state index contributed by atoms with van der Waals surface area (Å²) < 4.78 is 2.09. The standard InChI is InChI=1S/C19H18N4O3/c1-14-9-17(15(2)22(14)19-7-4-8-20-12-19)11-21-26-13-16-5-3-6-18(10-16)23(24)25/h3-12H,13H2,1-2H3/b21-11-. The lowest BCUT2D eigenvalue weighted by atomic mass is 10.2. The molecule has 7 heteroatoms. The van der Waals surface area contributed by atoms with Gasteiger partial charge in [-0.15, -0.1) is 0 Å². The Bertz CT molecular complexity index is 949. The number of oxime groups is 1. The lowest BCUT2D eigenvalue weighted by Gasteiger charge is -2.08. The summed E-state index contributed by atoms with van der Waals surface area (Å²) in [6.45, 7) is 4.18. The van der Waals surface area contributed by atoms with Crippen LogP contribution >= 0.6 is 0 Å². The van der Waals surface area contributed by atoms with Crippen LogP contribution in [0.1, 0.15) is 22.5 Å². The number of aryl methyl sites for hydroxylation is 1. The molecule has 0 saturated carbocycles. The molecule has 0 amide bonds. The number of non-ortho nitro benzene ring substituents is 1. The van der Waals surface area contributed by atoms with Gasteiger partial charge in [0.05, 0.1) is 23.0 Å². The van der Waals surface area contributed by atoms with E-state index in [1.807, 2.05) is 32.0 Å². The van der Waals surface area contributed by atoms with E-state index in [0.29, 0.717) is 5.56 Å². The van der Waals surface area contributed by atoms with Crippen molar-refractivity contribution in [2.45, 2.75) is 20.5 Å². The Morgan fingerprint density at radius 1 is 1.27 bits per heavy atom. The number of nitrogens with zero attached hydrogens (tertiary/aromatic N) is 4. The van der Waals surface area contributed by atoms with Gasteiger partial charge in [0.2, 0.25) is 0 Å². The second-order valence-electron chi connectivity index (χ2n) is 5.81. The van der Waals surface area contributed by atoms with Gasteiger partial charge in [-0.25, -0.2) is 0 Å². The number of benzene rings is 1. The monoisotopic (exact) mass is 350 g/mol. The summed E-state index contributed by atoms with van der Waals surface area (Å²) in [6, 6.07) is 12.2. The van der Waals surface area contributed by atoms with Crippen molar-refractivity contribution in [3.05, 3.63) is 87.5 Å². The molecule has 0 fully saturated rings. The highest BCUT2D eigenvalue weighted by atomic mass is 16.6. The van der Waals surface area contributed by atoms with Gasteiger partial charge in [-0.3, -0.25) is 15.1 Å². The predicted octanol–water partition coefficient (Wildman–Crippen LogP) is 3.95. The van der Waals surface area contributed by atoms with Gasteiger partial charge in [0, 0.05) is 35.3 Å². The van der Waals surface area contributed by atoms with E-state index < -0.39 is 4.92 Å². The third kappa shape index (κ3) is 3.77. The van der Waals surface area contributed by atoms with Crippen molar-refractivity contribution < 1.29 is 9.76 Å². The van der Waals surface area contributed by atoms with Crippen molar-refractivity contribution in [2.75, 3.05) is 0 Å². The minimum Gasteiger partial charge on any atom is -0.391 e. The molecule has 3 aromatic rings.